The summed E-state index contributed by atoms with van der Waals surface area (Å²) < 4.78 is 11.4. The van der Waals surface area contributed by atoms with Crippen molar-refractivity contribution in [2.45, 2.75) is 20.8 Å². The van der Waals surface area contributed by atoms with Gasteiger partial charge in [0.15, 0.2) is 0 Å². The molecule has 0 radical (unpaired) electrons. The molecule has 2 amide bonds. The predicted octanol–water partition coefficient (Wildman–Crippen LogP) is 3.25. The molecule has 1 aliphatic rings. The van der Waals surface area contributed by atoms with E-state index in [0.29, 0.717) is 53.2 Å². The predicted molar refractivity (Wildman–Crippen MR) is 87.3 cm³/mol. The van der Waals surface area contributed by atoms with Gasteiger partial charge in [0, 0.05) is 23.1 Å². The first-order chi connectivity index (χ1) is 11.1. The molecule has 23 heavy (non-hydrogen) atoms. The van der Waals surface area contributed by atoms with Crippen molar-refractivity contribution in [3.05, 3.63) is 35.4 Å². The molecule has 0 saturated heterocycles. The maximum atomic E-state index is 12.6. The quantitative estimate of drug-likeness (QED) is 0.795. The second-order valence-corrected chi connectivity index (χ2v) is 5.19. The number of carbonyl (C=O) groups excluding carboxylic acids is 2. The van der Waals surface area contributed by atoms with Crippen molar-refractivity contribution in [3.8, 4) is 11.5 Å². The minimum atomic E-state index is -0.272. The molecular weight excluding hydrogens is 294 g/mol. The van der Waals surface area contributed by atoms with Crippen LogP contribution in [0.1, 0.15) is 41.5 Å². The zero-order chi connectivity index (χ0) is 16.6. The fourth-order valence-corrected chi connectivity index (χ4v) is 3.01. The van der Waals surface area contributed by atoms with E-state index in [4.69, 9.17) is 9.47 Å². The molecule has 5 heteroatoms. The Morgan fingerprint density at radius 2 is 1.26 bits per heavy atom. The van der Waals surface area contributed by atoms with Gasteiger partial charge >= 0.3 is 0 Å². The molecule has 0 N–H and O–H groups in total. The van der Waals surface area contributed by atoms with Gasteiger partial charge in [-0.1, -0.05) is 0 Å². The molecule has 120 valence electrons. The highest BCUT2D eigenvalue weighted by Crippen LogP contribution is 2.41. The van der Waals surface area contributed by atoms with E-state index in [9.17, 15) is 9.59 Å². The number of carbonyl (C=O) groups is 2. The molecular formula is C18H19NO4. The van der Waals surface area contributed by atoms with Crippen molar-refractivity contribution in [2.75, 3.05) is 19.8 Å². The first kappa shape index (κ1) is 15.3. The van der Waals surface area contributed by atoms with Crippen LogP contribution in [0, 0.1) is 0 Å². The van der Waals surface area contributed by atoms with E-state index < -0.39 is 0 Å². The number of hydrogen-bond acceptors (Lipinski definition) is 4. The van der Waals surface area contributed by atoms with Crippen molar-refractivity contribution in [3.63, 3.8) is 0 Å². The van der Waals surface area contributed by atoms with Gasteiger partial charge in [0.2, 0.25) is 0 Å². The Morgan fingerprint density at radius 3 is 1.65 bits per heavy atom. The number of hydrogen-bond donors (Lipinski definition) is 0. The third-order valence-corrected chi connectivity index (χ3v) is 3.95. The third-order valence-electron chi connectivity index (χ3n) is 3.95. The molecule has 0 bridgehead atoms. The van der Waals surface area contributed by atoms with E-state index >= 15 is 0 Å². The third kappa shape index (κ3) is 2.23. The molecule has 0 aromatic heterocycles. The van der Waals surface area contributed by atoms with E-state index in [0.717, 1.165) is 0 Å². The minimum absolute atomic E-state index is 0.272. The van der Waals surface area contributed by atoms with Crippen molar-refractivity contribution < 1.29 is 19.1 Å². The Labute approximate surface area is 134 Å². The standard InChI is InChI=1S/C18H19NO4/c1-4-19-17(20)11-7-9-13(22-5-2)16-14(23-6-3)10-8-12(15(11)16)18(19)21/h7-10H,4-6H2,1-3H3. The Hall–Kier alpha value is -2.56. The molecule has 0 unspecified atom stereocenters. The molecule has 1 aliphatic heterocycles. The van der Waals surface area contributed by atoms with Crippen molar-refractivity contribution >= 4 is 22.6 Å². The van der Waals surface area contributed by atoms with Gasteiger partial charge in [-0.15, -0.1) is 0 Å². The van der Waals surface area contributed by atoms with Gasteiger partial charge in [-0.3, -0.25) is 14.5 Å². The lowest BCUT2D eigenvalue weighted by molar-refractivity contribution is 0.0619. The number of rotatable bonds is 5. The van der Waals surface area contributed by atoms with Crippen molar-refractivity contribution in [1.29, 1.82) is 0 Å². The summed E-state index contributed by atoms with van der Waals surface area (Å²) in [5.41, 5.74) is 1.03. The van der Waals surface area contributed by atoms with Crippen LogP contribution in [-0.4, -0.2) is 36.5 Å². The van der Waals surface area contributed by atoms with Gasteiger partial charge in [-0.25, -0.2) is 0 Å². The molecule has 3 rings (SSSR count). The summed E-state index contributed by atoms with van der Waals surface area (Å²) in [4.78, 5) is 26.5. The van der Waals surface area contributed by atoms with Gasteiger partial charge in [-0.2, -0.15) is 0 Å². The van der Waals surface area contributed by atoms with Crippen LogP contribution in [-0.2, 0) is 0 Å². The lowest BCUT2D eigenvalue weighted by Gasteiger charge is -2.27. The van der Waals surface area contributed by atoms with Crippen LogP contribution in [0.25, 0.3) is 10.8 Å². The monoisotopic (exact) mass is 313 g/mol. The first-order valence-electron chi connectivity index (χ1n) is 7.85. The van der Waals surface area contributed by atoms with E-state index in [2.05, 4.69) is 0 Å². The summed E-state index contributed by atoms with van der Waals surface area (Å²) in [6, 6.07) is 7.00. The smallest absolute Gasteiger partial charge is 0.261 e. The number of amides is 2. The largest absolute Gasteiger partial charge is 0.493 e. The highest BCUT2D eigenvalue weighted by molar-refractivity contribution is 6.26. The maximum absolute atomic E-state index is 12.6. The Kier molecular flexibility index (Phi) is 3.94. The molecule has 2 aromatic carbocycles. The Morgan fingerprint density at radius 1 is 0.783 bits per heavy atom. The molecule has 1 heterocycles. The topological polar surface area (TPSA) is 55.8 Å². The van der Waals surface area contributed by atoms with Gasteiger partial charge < -0.3 is 9.47 Å². The van der Waals surface area contributed by atoms with Crippen LogP contribution in [0.5, 0.6) is 11.5 Å². The van der Waals surface area contributed by atoms with Crippen molar-refractivity contribution in [1.82, 2.24) is 4.90 Å². The summed E-state index contributed by atoms with van der Waals surface area (Å²) in [7, 11) is 0. The molecule has 2 aromatic rings. The number of imide groups is 1. The zero-order valence-corrected chi connectivity index (χ0v) is 13.5. The lowest BCUT2D eigenvalue weighted by atomic mass is 9.93. The lowest BCUT2D eigenvalue weighted by Crippen LogP contribution is -2.40. The molecule has 5 nitrogen and oxygen atoms in total. The maximum Gasteiger partial charge on any atom is 0.261 e. The van der Waals surface area contributed by atoms with Gasteiger partial charge in [-0.05, 0) is 45.0 Å². The summed E-state index contributed by atoms with van der Waals surface area (Å²) in [5.74, 6) is 0.711. The molecule has 0 atom stereocenters. The molecule has 0 aliphatic carbocycles. The average molecular weight is 313 g/mol. The Balaban J connectivity index is 2.38. The zero-order valence-electron chi connectivity index (χ0n) is 13.5. The average Bonchev–Trinajstić information content (AvgIpc) is 2.55. The fourth-order valence-electron chi connectivity index (χ4n) is 3.01. The van der Waals surface area contributed by atoms with E-state index in [1.165, 1.54) is 4.90 Å². The molecule has 0 spiro atoms. The van der Waals surface area contributed by atoms with Crippen LogP contribution in [0.15, 0.2) is 24.3 Å². The summed E-state index contributed by atoms with van der Waals surface area (Å²) in [6.45, 7) is 6.91. The second kappa shape index (κ2) is 5.91. The van der Waals surface area contributed by atoms with Crippen molar-refractivity contribution in [2.24, 2.45) is 0 Å². The summed E-state index contributed by atoms with van der Waals surface area (Å²) >= 11 is 0. The van der Waals surface area contributed by atoms with Crippen LogP contribution in [0.3, 0.4) is 0 Å². The van der Waals surface area contributed by atoms with Gasteiger partial charge in [0.1, 0.15) is 11.5 Å². The Bertz CT molecular complexity index is 736. The molecule has 0 saturated carbocycles. The summed E-state index contributed by atoms with van der Waals surface area (Å²) in [5, 5.41) is 1.32. The SMILES string of the molecule is CCOc1ccc2c3c(ccc(OCC)c13)C(=O)N(CC)C2=O. The summed E-state index contributed by atoms with van der Waals surface area (Å²) in [6.07, 6.45) is 0. The highest BCUT2D eigenvalue weighted by atomic mass is 16.5. The fraction of sp³-hybridized carbons (Fsp3) is 0.333. The number of nitrogens with zero attached hydrogens (tertiary/aromatic N) is 1. The normalized spacial score (nSPS) is 13.6. The highest BCUT2D eigenvalue weighted by Gasteiger charge is 2.33. The van der Waals surface area contributed by atoms with Gasteiger partial charge in [0.05, 0.1) is 18.6 Å². The minimum Gasteiger partial charge on any atom is -0.493 e. The second-order valence-electron chi connectivity index (χ2n) is 5.19. The molecule has 0 fully saturated rings. The number of ether oxygens (including phenoxy) is 2. The van der Waals surface area contributed by atoms with Crippen LogP contribution in [0.4, 0.5) is 0 Å². The van der Waals surface area contributed by atoms with E-state index in [1.54, 1.807) is 31.2 Å². The van der Waals surface area contributed by atoms with Crippen LogP contribution >= 0.6 is 0 Å². The van der Waals surface area contributed by atoms with E-state index in [-0.39, 0.29) is 11.8 Å². The van der Waals surface area contributed by atoms with E-state index in [1.807, 2.05) is 13.8 Å². The number of benzene rings is 2. The van der Waals surface area contributed by atoms with Gasteiger partial charge in [0.25, 0.3) is 11.8 Å². The van der Waals surface area contributed by atoms with Crippen LogP contribution in [0.2, 0.25) is 0 Å². The first-order valence-corrected chi connectivity index (χ1v) is 7.85. The van der Waals surface area contributed by atoms with Crippen LogP contribution < -0.4 is 9.47 Å².